The van der Waals surface area contributed by atoms with Crippen LogP contribution in [-0.2, 0) is 11.2 Å². The number of esters is 1. The van der Waals surface area contributed by atoms with Gasteiger partial charge in [0.1, 0.15) is 11.6 Å². The van der Waals surface area contributed by atoms with Crippen molar-refractivity contribution in [3.05, 3.63) is 47.4 Å². The standard InChI is InChI=1S/C23H31N5O2S/c1-4-6-20-15-21(25-16(3)24-20)28-13-11-19(12-14-28)27-23(31)26-18-9-7-17(8-10-18)22(29)30-5-2/h7-10,15,19H,4-6,11-14H2,1-3H3,(H2,26,27,31). The third-order valence-electron chi connectivity index (χ3n) is 5.19. The molecule has 0 amide bonds. The van der Waals surface area contributed by atoms with E-state index in [0.29, 0.717) is 23.3 Å². The van der Waals surface area contributed by atoms with Crippen LogP contribution >= 0.6 is 12.2 Å². The van der Waals surface area contributed by atoms with Gasteiger partial charge in [0.05, 0.1) is 12.2 Å². The Bertz CT molecular complexity index is 895. The second kappa shape index (κ2) is 11.0. The fourth-order valence-corrected chi connectivity index (χ4v) is 3.95. The Labute approximate surface area is 189 Å². The van der Waals surface area contributed by atoms with E-state index >= 15 is 0 Å². The van der Waals surface area contributed by atoms with Crippen LogP contribution in [0.15, 0.2) is 30.3 Å². The van der Waals surface area contributed by atoms with Gasteiger partial charge in [0.15, 0.2) is 5.11 Å². The third-order valence-corrected chi connectivity index (χ3v) is 5.41. The van der Waals surface area contributed by atoms with Gasteiger partial charge >= 0.3 is 5.97 Å². The summed E-state index contributed by atoms with van der Waals surface area (Å²) in [5, 5.41) is 7.19. The summed E-state index contributed by atoms with van der Waals surface area (Å²) >= 11 is 5.48. The number of hydrogen-bond donors (Lipinski definition) is 2. The molecule has 0 radical (unpaired) electrons. The number of nitrogens with one attached hydrogen (secondary N) is 2. The molecule has 0 aliphatic carbocycles. The van der Waals surface area contributed by atoms with Crippen LogP contribution in [0.4, 0.5) is 11.5 Å². The molecular formula is C23H31N5O2S. The Morgan fingerprint density at radius 1 is 1.19 bits per heavy atom. The van der Waals surface area contributed by atoms with Gasteiger partial charge in [-0.05, 0) is 69.6 Å². The molecule has 1 aliphatic rings. The maximum absolute atomic E-state index is 11.7. The van der Waals surface area contributed by atoms with E-state index in [2.05, 4.69) is 38.5 Å². The van der Waals surface area contributed by atoms with Crippen molar-refractivity contribution in [3.8, 4) is 0 Å². The van der Waals surface area contributed by atoms with E-state index in [-0.39, 0.29) is 5.97 Å². The summed E-state index contributed by atoms with van der Waals surface area (Å²) in [6.45, 7) is 8.14. The van der Waals surface area contributed by atoms with Crippen molar-refractivity contribution in [1.82, 2.24) is 15.3 Å². The molecule has 2 aromatic rings. The molecule has 1 aromatic carbocycles. The topological polar surface area (TPSA) is 79.4 Å². The van der Waals surface area contributed by atoms with Gasteiger partial charge in [-0.2, -0.15) is 0 Å². The van der Waals surface area contributed by atoms with Crippen molar-refractivity contribution < 1.29 is 9.53 Å². The second-order valence-corrected chi connectivity index (χ2v) is 8.08. The number of carbonyl (C=O) groups excluding carboxylic acids is 1. The quantitative estimate of drug-likeness (QED) is 0.495. The Kier molecular flexibility index (Phi) is 8.17. The zero-order valence-corrected chi connectivity index (χ0v) is 19.3. The maximum Gasteiger partial charge on any atom is 0.338 e. The smallest absolute Gasteiger partial charge is 0.338 e. The van der Waals surface area contributed by atoms with Crippen molar-refractivity contribution in [2.45, 2.75) is 52.5 Å². The molecule has 1 fully saturated rings. The molecular weight excluding hydrogens is 410 g/mol. The molecule has 8 heteroatoms. The van der Waals surface area contributed by atoms with Gasteiger partial charge in [-0.25, -0.2) is 14.8 Å². The lowest BCUT2D eigenvalue weighted by molar-refractivity contribution is 0.0526. The highest BCUT2D eigenvalue weighted by atomic mass is 32.1. The summed E-state index contributed by atoms with van der Waals surface area (Å²) in [6, 6.07) is 9.56. The number of nitrogens with zero attached hydrogens (tertiary/aromatic N) is 3. The van der Waals surface area contributed by atoms with Crippen molar-refractivity contribution in [2.75, 3.05) is 29.9 Å². The lowest BCUT2D eigenvalue weighted by Crippen LogP contribution is -2.46. The molecule has 0 saturated carbocycles. The SMILES string of the molecule is CCCc1cc(N2CCC(NC(=S)Nc3ccc(C(=O)OCC)cc3)CC2)nc(C)n1. The molecule has 0 bridgehead atoms. The van der Waals surface area contributed by atoms with E-state index in [0.717, 1.165) is 61.8 Å². The first-order valence-electron chi connectivity index (χ1n) is 10.9. The highest BCUT2D eigenvalue weighted by Crippen LogP contribution is 2.20. The van der Waals surface area contributed by atoms with Gasteiger partial charge in [-0.3, -0.25) is 0 Å². The van der Waals surface area contributed by atoms with Crippen molar-refractivity contribution in [2.24, 2.45) is 0 Å². The first kappa shape index (κ1) is 22.9. The van der Waals surface area contributed by atoms with Crippen LogP contribution < -0.4 is 15.5 Å². The van der Waals surface area contributed by atoms with Gasteiger partial charge in [-0.15, -0.1) is 0 Å². The summed E-state index contributed by atoms with van der Waals surface area (Å²) in [5.41, 5.74) is 2.48. The van der Waals surface area contributed by atoms with Gasteiger partial charge in [0.25, 0.3) is 0 Å². The molecule has 31 heavy (non-hydrogen) atoms. The number of piperidine rings is 1. The number of anilines is 2. The number of thiocarbonyl (C=S) groups is 1. The van der Waals surface area contributed by atoms with Crippen LogP contribution in [0.25, 0.3) is 0 Å². The minimum absolute atomic E-state index is 0.313. The highest BCUT2D eigenvalue weighted by molar-refractivity contribution is 7.80. The predicted molar refractivity (Wildman–Crippen MR) is 128 cm³/mol. The summed E-state index contributed by atoms with van der Waals surface area (Å²) in [5.74, 6) is 1.54. The van der Waals surface area contributed by atoms with Crippen LogP contribution in [0.5, 0.6) is 0 Å². The molecule has 3 rings (SSSR count). The molecule has 166 valence electrons. The summed E-state index contributed by atoms with van der Waals surface area (Å²) in [4.78, 5) is 23.2. The molecule has 7 nitrogen and oxygen atoms in total. The Hall–Kier alpha value is -2.74. The number of aryl methyl sites for hydroxylation is 2. The highest BCUT2D eigenvalue weighted by Gasteiger charge is 2.21. The van der Waals surface area contributed by atoms with Crippen LogP contribution in [0.3, 0.4) is 0 Å². The number of hydrogen-bond acceptors (Lipinski definition) is 6. The van der Waals surface area contributed by atoms with Crippen molar-refractivity contribution >= 4 is 34.8 Å². The van der Waals surface area contributed by atoms with Crippen molar-refractivity contribution in [3.63, 3.8) is 0 Å². The number of carbonyl (C=O) groups is 1. The Balaban J connectivity index is 1.48. The predicted octanol–water partition coefficient (Wildman–Crippen LogP) is 3.87. The van der Waals surface area contributed by atoms with Crippen LogP contribution in [0, 0.1) is 6.92 Å². The molecule has 0 unspecified atom stereocenters. The van der Waals surface area contributed by atoms with Gasteiger partial charge in [0, 0.05) is 36.6 Å². The zero-order valence-electron chi connectivity index (χ0n) is 18.5. The first-order valence-corrected chi connectivity index (χ1v) is 11.3. The molecule has 0 atom stereocenters. The van der Waals surface area contributed by atoms with E-state index in [1.54, 1.807) is 19.1 Å². The normalized spacial score (nSPS) is 14.2. The van der Waals surface area contributed by atoms with E-state index in [9.17, 15) is 4.79 Å². The number of ether oxygens (including phenoxy) is 1. The van der Waals surface area contributed by atoms with E-state index in [1.807, 2.05) is 19.1 Å². The molecule has 2 N–H and O–H groups in total. The average Bonchev–Trinajstić information content (AvgIpc) is 2.75. The Morgan fingerprint density at radius 3 is 2.55 bits per heavy atom. The van der Waals surface area contributed by atoms with E-state index < -0.39 is 0 Å². The molecule has 0 spiro atoms. The minimum atomic E-state index is -0.317. The largest absolute Gasteiger partial charge is 0.462 e. The minimum Gasteiger partial charge on any atom is -0.462 e. The molecule has 1 saturated heterocycles. The molecule has 2 heterocycles. The van der Waals surface area contributed by atoms with Gasteiger partial charge in [-0.1, -0.05) is 13.3 Å². The van der Waals surface area contributed by atoms with Crippen LogP contribution in [0.1, 0.15) is 55.0 Å². The summed E-state index contributed by atoms with van der Waals surface area (Å²) < 4.78 is 5.01. The third kappa shape index (κ3) is 6.62. The Morgan fingerprint density at radius 2 is 1.90 bits per heavy atom. The zero-order chi connectivity index (χ0) is 22.2. The fraction of sp³-hybridized carbons (Fsp3) is 0.478. The molecule has 1 aromatic heterocycles. The van der Waals surface area contributed by atoms with Gasteiger partial charge < -0.3 is 20.3 Å². The summed E-state index contributed by atoms with van der Waals surface area (Å²) in [6.07, 6.45) is 4.03. The van der Waals surface area contributed by atoms with E-state index in [4.69, 9.17) is 17.0 Å². The first-order chi connectivity index (χ1) is 15.0. The van der Waals surface area contributed by atoms with E-state index in [1.165, 1.54) is 0 Å². The number of aromatic nitrogens is 2. The number of benzene rings is 1. The van der Waals surface area contributed by atoms with Crippen molar-refractivity contribution in [1.29, 1.82) is 0 Å². The number of rotatable bonds is 7. The summed E-state index contributed by atoms with van der Waals surface area (Å²) in [7, 11) is 0. The monoisotopic (exact) mass is 441 g/mol. The molecule has 1 aliphatic heterocycles. The average molecular weight is 442 g/mol. The lowest BCUT2D eigenvalue weighted by atomic mass is 10.1. The second-order valence-electron chi connectivity index (χ2n) is 7.67. The fourth-order valence-electron chi connectivity index (χ4n) is 3.67. The maximum atomic E-state index is 11.7. The van der Waals surface area contributed by atoms with Crippen LogP contribution in [0.2, 0.25) is 0 Å². The van der Waals surface area contributed by atoms with Crippen LogP contribution in [-0.4, -0.2) is 46.8 Å². The lowest BCUT2D eigenvalue weighted by Gasteiger charge is -2.34. The van der Waals surface area contributed by atoms with Gasteiger partial charge in [0.2, 0.25) is 0 Å².